The van der Waals surface area contributed by atoms with E-state index >= 15 is 0 Å². The monoisotopic (exact) mass is 421 g/mol. The van der Waals surface area contributed by atoms with Crippen molar-refractivity contribution >= 4 is 44.9 Å². The molecule has 2 aromatic rings. The molecule has 0 saturated carbocycles. The Morgan fingerprint density at radius 3 is 2.61 bits per heavy atom. The van der Waals surface area contributed by atoms with Crippen molar-refractivity contribution in [2.75, 3.05) is 62.4 Å². The summed E-state index contributed by atoms with van der Waals surface area (Å²) in [5, 5.41) is 8.17. The number of carbonyl (C=O) groups is 1. The Kier molecular flexibility index (Phi) is 6.53. The summed E-state index contributed by atoms with van der Waals surface area (Å²) in [4.78, 5) is 22.2. The van der Waals surface area contributed by atoms with E-state index in [1.807, 2.05) is 11.4 Å². The number of thiophene rings is 1. The first kappa shape index (κ1) is 19.3. The number of ether oxygens (including phenoxy) is 2. The molecule has 1 amide bonds. The van der Waals surface area contributed by atoms with E-state index in [1.54, 1.807) is 28.9 Å². The van der Waals surface area contributed by atoms with Crippen LogP contribution in [0.4, 0.5) is 10.1 Å². The van der Waals surface area contributed by atoms with Gasteiger partial charge in [-0.3, -0.25) is 4.79 Å². The third kappa shape index (κ3) is 5.07. The highest BCUT2D eigenvalue weighted by molar-refractivity contribution is 7.17. The summed E-state index contributed by atoms with van der Waals surface area (Å²) in [6.45, 7) is 6.48. The van der Waals surface area contributed by atoms with Crippen molar-refractivity contribution in [2.45, 2.75) is 6.42 Å². The number of nitrogens with one attached hydrogen (secondary N) is 1. The first-order valence-electron chi connectivity index (χ1n) is 9.29. The highest BCUT2D eigenvalue weighted by Gasteiger charge is 2.16. The number of thiazole rings is 1. The van der Waals surface area contributed by atoms with Gasteiger partial charge in [-0.25, -0.2) is 10.4 Å². The fraction of sp³-hybridized carbons (Fsp3) is 0.500. The summed E-state index contributed by atoms with van der Waals surface area (Å²) >= 11 is 3.22. The standard InChI is InChI=1S/C18H23N5O3S2/c24-16(11-14-13-27-18(20-14)23-5-9-26-10-6-23)21-19-12-15-1-2-17(28-15)22-3-7-25-8-4-22/h1-2,12-13H,3-11H2,(H,21,24)/b19-12-. The van der Waals surface area contributed by atoms with Crippen LogP contribution < -0.4 is 15.2 Å². The SMILES string of the molecule is O=C(Cc1csc(N2CCOCC2)n1)N/N=C\c1ccc(N2CCOCC2)s1. The van der Waals surface area contributed by atoms with Gasteiger partial charge in [-0.2, -0.15) is 5.10 Å². The van der Waals surface area contributed by atoms with Crippen molar-refractivity contribution in [3.05, 3.63) is 28.1 Å². The van der Waals surface area contributed by atoms with Crippen molar-refractivity contribution in [3.63, 3.8) is 0 Å². The van der Waals surface area contributed by atoms with Crippen LogP contribution in [0, 0.1) is 0 Å². The third-order valence-corrected chi connectivity index (χ3v) is 6.51. The predicted molar refractivity (Wildman–Crippen MR) is 112 cm³/mol. The van der Waals surface area contributed by atoms with Crippen LogP contribution in [0.15, 0.2) is 22.6 Å². The summed E-state index contributed by atoms with van der Waals surface area (Å²) < 4.78 is 10.7. The van der Waals surface area contributed by atoms with Gasteiger partial charge < -0.3 is 19.3 Å². The molecule has 8 nitrogen and oxygen atoms in total. The topological polar surface area (TPSA) is 79.3 Å². The minimum absolute atomic E-state index is 0.167. The van der Waals surface area contributed by atoms with Crippen LogP contribution in [0.25, 0.3) is 0 Å². The Hall–Kier alpha value is -2.01. The van der Waals surface area contributed by atoms with Gasteiger partial charge in [-0.1, -0.05) is 0 Å². The summed E-state index contributed by atoms with van der Waals surface area (Å²) in [5.41, 5.74) is 3.36. The quantitative estimate of drug-likeness (QED) is 0.564. The van der Waals surface area contributed by atoms with Crippen molar-refractivity contribution in [3.8, 4) is 0 Å². The molecule has 28 heavy (non-hydrogen) atoms. The van der Waals surface area contributed by atoms with E-state index in [-0.39, 0.29) is 12.3 Å². The van der Waals surface area contributed by atoms with Gasteiger partial charge in [0.25, 0.3) is 0 Å². The Morgan fingerprint density at radius 2 is 1.86 bits per heavy atom. The van der Waals surface area contributed by atoms with Gasteiger partial charge in [-0.15, -0.1) is 22.7 Å². The van der Waals surface area contributed by atoms with Crippen molar-refractivity contribution in [1.82, 2.24) is 10.4 Å². The number of hydrogen-bond acceptors (Lipinski definition) is 9. The average Bonchev–Trinajstić information content (AvgIpc) is 3.39. The first-order chi connectivity index (χ1) is 13.8. The number of nitrogens with zero attached hydrogens (tertiary/aromatic N) is 4. The van der Waals surface area contributed by atoms with Gasteiger partial charge in [0.2, 0.25) is 5.91 Å². The lowest BCUT2D eigenvalue weighted by atomic mass is 10.3. The number of rotatable bonds is 6. The van der Waals surface area contributed by atoms with E-state index in [0.29, 0.717) is 0 Å². The number of carbonyl (C=O) groups excluding carboxylic acids is 1. The molecule has 2 aliphatic heterocycles. The highest BCUT2D eigenvalue weighted by atomic mass is 32.1. The molecular formula is C18H23N5O3S2. The molecule has 10 heteroatoms. The minimum atomic E-state index is -0.167. The van der Waals surface area contributed by atoms with E-state index in [0.717, 1.165) is 68.3 Å². The van der Waals surface area contributed by atoms with Crippen molar-refractivity contribution in [1.29, 1.82) is 0 Å². The maximum Gasteiger partial charge on any atom is 0.246 e. The second kappa shape index (κ2) is 9.46. The number of hydrogen-bond donors (Lipinski definition) is 1. The maximum atomic E-state index is 12.1. The summed E-state index contributed by atoms with van der Waals surface area (Å²) in [5.74, 6) is -0.167. The second-order valence-corrected chi connectivity index (χ2v) is 8.40. The summed E-state index contributed by atoms with van der Waals surface area (Å²) in [6, 6.07) is 4.10. The van der Waals surface area contributed by atoms with Crippen LogP contribution in [-0.2, 0) is 20.7 Å². The molecule has 2 saturated heterocycles. The molecule has 0 radical (unpaired) electrons. The maximum absolute atomic E-state index is 12.1. The third-order valence-electron chi connectivity index (χ3n) is 4.48. The zero-order chi connectivity index (χ0) is 19.2. The predicted octanol–water partition coefficient (Wildman–Crippen LogP) is 1.57. The number of hydrazone groups is 1. The molecule has 1 N–H and O–H groups in total. The van der Waals surface area contributed by atoms with Gasteiger partial charge in [0.1, 0.15) is 0 Å². The number of amides is 1. The molecule has 0 aromatic carbocycles. The van der Waals surface area contributed by atoms with E-state index in [9.17, 15) is 4.79 Å². The molecule has 0 aliphatic carbocycles. The van der Waals surface area contributed by atoms with Crippen molar-refractivity contribution in [2.24, 2.45) is 5.10 Å². The van der Waals surface area contributed by atoms with E-state index in [2.05, 4.69) is 31.4 Å². The average molecular weight is 422 g/mol. The molecule has 150 valence electrons. The van der Waals surface area contributed by atoms with Crippen LogP contribution >= 0.6 is 22.7 Å². The van der Waals surface area contributed by atoms with Gasteiger partial charge >= 0.3 is 0 Å². The second-order valence-electron chi connectivity index (χ2n) is 6.47. The van der Waals surface area contributed by atoms with Crippen LogP contribution in [0.1, 0.15) is 10.6 Å². The van der Waals surface area contributed by atoms with Crippen LogP contribution in [0.2, 0.25) is 0 Å². The molecule has 2 aromatic heterocycles. The lowest BCUT2D eigenvalue weighted by Crippen LogP contribution is -2.36. The zero-order valence-corrected chi connectivity index (χ0v) is 17.1. The number of anilines is 2. The van der Waals surface area contributed by atoms with Crippen LogP contribution in [0.5, 0.6) is 0 Å². The van der Waals surface area contributed by atoms with Crippen molar-refractivity contribution < 1.29 is 14.3 Å². The molecule has 0 atom stereocenters. The van der Waals surface area contributed by atoms with Crippen LogP contribution in [-0.4, -0.2) is 69.7 Å². The lowest BCUT2D eigenvalue weighted by molar-refractivity contribution is -0.120. The highest BCUT2D eigenvalue weighted by Crippen LogP contribution is 2.25. The molecule has 0 unspecified atom stereocenters. The first-order valence-corrected chi connectivity index (χ1v) is 11.0. The zero-order valence-electron chi connectivity index (χ0n) is 15.5. The Labute approximate surface area is 171 Å². The van der Waals surface area contributed by atoms with Crippen LogP contribution in [0.3, 0.4) is 0 Å². The summed E-state index contributed by atoms with van der Waals surface area (Å²) in [6.07, 6.45) is 1.91. The van der Waals surface area contributed by atoms with E-state index in [1.165, 1.54) is 5.00 Å². The molecule has 4 heterocycles. The lowest BCUT2D eigenvalue weighted by Gasteiger charge is -2.27. The number of aromatic nitrogens is 1. The van der Waals surface area contributed by atoms with Gasteiger partial charge in [-0.05, 0) is 12.1 Å². The molecule has 4 rings (SSSR count). The normalized spacial score (nSPS) is 18.0. The molecule has 0 bridgehead atoms. The Morgan fingerprint density at radius 1 is 1.14 bits per heavy atom. The van der Waals surface area contributed by atoms with Gasteiger partial charge in [0, 0.05) is 36.4 Å². The fourth-order valence-corrected chi connectivity index (χ4v) is 4.82. The molecule has 0 spiro atoms. The Bertz CT molecular complexity index is 810. The number of morpholine rings is 2. The molecule has 2 fully saturated rings. The summed E-state index contributed by atoms with van der Waals surface area (Å²) in [7, 11) is 0. The van der Waals surface area contributed by atoms with Gasteiger partial charge in [0.05, 0.1) is 49.8 Å². The fourth-order valence-electron chi connectivity index (χ4n) is 3.01. The largest absolute Gasteiger partial charge is 0.378 e. The van der Waals surface area contributed by atoms with E-state index in [4.69, 9.17) is 9.47 Å². The van der Waals surface area contributed by atoms with Gasteiger partial charge in [0.15, 0.2) is 5.13 Å². The minimum Gasteiger partial charge on any atom is -0.378 e. The Balaban J connectivity index is 1.25. The molecular weight excluding hydrogens is 398 g/mol. The smallest absolute Gasteiger partial charge is 0.246 e. The molecule has 2 aliphatic rings. The van der Waals surface area contributed by atoms with E-state index < -0.39 is 0 Å².